The molecule has 1 aliphatic heterocycles. The summed E-state index contributed by atoms with van der Waals surface area (Å²) in [7, 11) is 0. The van der Waals surface area contributed by atoms with Gasteiger partial charge < -0.3 is 15.4 Å². The van der Waals surface area contributed by atoms with Crippen molar-refractivity contribution in [2.75, 3.05) is 5.32 Å². The first-order valence-corrected chi connectivity index (χ1v) is 10.8. The number of nitrogens with one attached hydrogen (secondary N) is 2. The van der Waals surface area contributed by atoms with Crippen molar-refractivity contribution in [3.8, 4) is 0 Å². The maximum absolute atomic E-state index is 12.5. The first-order chi connectivity index (χ1) is 13.6. The number of nitrogens with zero attached hydrogens (tertiary/aromatic N) is 1. The maximum Gasteiger partial charge on any atom is 0.408 e. The molecule has 2 aromatic rings. The van der Waals surface area contributed by atoms with Crippen molar-refractivity contribution in [2.45, 2.75) is 51.3 Å². The highest BCUT2D eigenvalue weighted by atomic mass is 79.9. The summed E-state index contributed by atoms with van der Waals surface area (Å²) in [6.45, 7) is 2.46. The molecule has 1 aliphatic carbocycles. The van der Waals surface area contributed by atoms with E-state index < -0.39 is 6.09 Å². The number of amides is 1. The third-order valence-electron chi connectivity index (χ3n) is 5.99. The zero-order valence-corrected chi connectivity index (χ0v) is 17.6. The minimum atomic E-state index is -0.400. The molecule has 0 radical (unpaired) electrons. The third-order valence-corrected chi connectivity index (χ3v) is 6.42. The van der Waals surface area contributed by atoms with E-state index in [9.17, 15) is 4.79 Å². The number of anilines is 1. The van der Waals surface area contributed by atoms with Gasteiger partial charge >= 0.3 is 6.09 Å². The first kappa shape index (κ1) is 19.2. The Morgan fingerprint density at radius 3 is 2.79 bits per heavy atom. The predicted octanol–water partition coefficient (Wildman–Crippen LogP) is 5.43. The average Bonchev–Trinajstić information content (AvgIpc) is 3.23. The summed E-state index contributed by atoms with van der Waals surface area (Å²) in [6, 6.07) is 11.9. The molecule has 1 aromatic heterocycles. The van der Waals surface area contributed by atoms with Gasteiger partial charge in [-0.1, -0.05) is 50.1 Å². The largest absolute Gasteiger partial charge is 0.445 e. The Morgan fingerprint density at radius 1 is 1.29 bits per heavy atom. The van der Waals surface area contributed by atoms with Gasteiger partial charge in [0, 0.05) is 22.6 Å². The summed E-state index contributed by atoms with van der Waals surface area (Å²) < 4.78 is 6.41. The summed E-state index contributed by atoms with van der Waals surface area (Å²) >= 11 is 3.52. The van der Waals surface area contributed by atoms with E-state index in [4.69, 9.17) is 4.74 Å². The molecule has 28 heavy (non-hydrogen) atoms. The standard InChI is InChI=1S/C22H26BrN3O2/c1-14-19(16-9-5-6-10-16)25-18-11-17(23)12-24-21(18)20(14)26-22(27)28-13-15-7-3-2-4-8-15/h2-4,7-8,11-12,14,16,19-20,25H,5-6,9-10,13H2,1H3,(H,26,27)/t14-,19+,20+/m0/s1. The Balaban J connectivity index is 1.51. The zero-order valence-electron chi connectivity index (χ0n) is 16.0. The van der Waals surface area contributed by atoms with Crippen LogP contribution in [0.25, 0.3) is 0 Å². The molecule has 0 spiro atoms. The number of carbonyl (C=O) groups is 1. The van der Waals surface area contributed by atoms with Crippen LogP contribution in [0.3, 0.4) is 0 Å². The molecule has 0 unspecified atom stereocenters. The zero-order chi connectivity index (χ0) is 19.5. The highest BCUT2D eigenvalue weighted by Crippen LogP contribution is 2.42. The van der Waals surface area contributed by atoms with Crippen molar-refractivity contribution >= 4 is 27.7 Å². The van der Waals surface area contributed by atoms with Gasteiger partial charge in [0.15, 0.2) is 0 Å². The lowest BCUT2D eigenvalue weighted by Gasteiger charge is -2.41. The van der Waals surface area contributed by atoms with Crippen molar-refractivity contribution in [3.63, 3.8) is 0 Å². The number of rotatable bonds is 4. The van der Waals surface area contributed by atoms with Crippen LogP contribution in [0.15, 0.2) is 47.1 Å². The van der Waals surface area contributed by atoms with Gasteiger partial charge in [-0.3, -0.25) is 4.98 Å². The van der Waals surface area contributed by atoms with E-state index >= 15 is 0 Å². The number of carbonyl (C=O) groups excluding carboxylic acids is 1. The molecule has 1 aromatic carbocycles. The molecule has 1 saturated carbocycles. The molecular weight excluding hydrogens is 418 g/mol. The molecule has 4 rings (SSSR count). The SMILES string of the molecule is C[C@@H]1[C@@H](NC(=O)OCc2ccccc2)c2ncc(Br)cc2N[C@H]1C1CCCC1. The fourth-order valence-electron chi connectivity index (χ4n) is 4.54. The van der Waals surface area contributed by atoms with Crippen LogP contribution in [0.4, 0.5) is 10.5 Å². The number of alkyl carbamates (subject to hydrolysis) is 1. The van der Waals surface area contributed by atoms with Gasteiger partial charge in [-0.25, -0.2) is 4.79 Å². The van der Waals surface area contributed by atoms with Gasteiger partial charge in [-0.2, -0.15) is 0 Å². The molecule has 2 heterocycles. The number of pyridine rings is 1. The van der Waals surface area contributed by atoms with Crippen LogP contribution < -0.4 is 10.6 Å². The lowest BCUT2D eigenvalue weighted by Crippen LogP contribution is -2.47. The number of ether oxygens (including phenoxy) is 1. The number of aromatic nitrogens is 1. The lowest BCUT2D eigenvalue weighted by atomic mass is 9.79. The number of halogens is 1. The second kappa shape index (κ2) is 8.52. The summed E-state index contributed by atoms with van der Waals surface area (Å²) in [6.07, 6.45) is 6.44. The van der Waals surface area contributed by atoms with Gasteiger partial charge in [-0.05, 0) is 46.3 Å². The Kier molecular flexibility index (Phi) is 5.85. The normalized spacial score (nSPS) is 24.3. The van der Waals surface area contributed by atoms with E-state index in [1.807, 2.05) is 30.3 Å². The number of fused-ring (bicyclic) bond motifs is 1. The van der Waals surface area contributed by atoms with Crippen molar-refractivity contribution in [1.82, 2.24) is 10.3 Å². The fraction of sp³-hybridized carbons (Fsp3) is 0.455. The summed E-state index contributed by atoms with van der Waals surface area (Å²) in [5.41, 5.74) is 2.85. The van der Waals surface area contributed by atoms with Crippen LogP contribution in [-0.2, 0) is 11.3 Å². The van der Waals surface area contributed by atoms with Crippen molar-refractivity contribution < 1.29 is 9.53 Å². The Bertz CT molecular complexity index is 824. The molecular formula is C22H26BrN3O2. The summed E-state index contributed by atoms with van der Waals surface area (Å²) in [5, 5.41) is 6.79. The third kappa shape index (κ3) is 4.17. The minimum absolute atomic E-state index is 0.168. The molecule has 2 aliphatic rings. The van der Waals surface area contributed by atoms with Crippen LogP contribution in [0.2, 0.25) is 0 Å². The van der Waals surface area contributed by atoms with E-state index in [1.54, 1.807) is 6.20 Å². The van der Waals surface area contributed by atoms with Crippen molar-refractivity contribution in [1.29, 1.82) is 0 Å². The molecule has 0 saturated heterocycles. The highest BCUT2D eigenvalue weighted by Gasteiger charge is 2.40. The Labute approximate surface area is 174 Å². The van der Waals surface area contributed by atoms with Crippen LogP contribution in [0.1, 0.15) is 49.9 Å². The first-order valence-electron chi connectivity index (χ1n) is 10.0. The molecule has 6 heteroatoms. The van der Waals surface area contributed by atoms with Crippen LogP contribution >= 0.6 is 15.9 Å². The Hall–Kier alpha value is -2.08. The average molecular weight is 444 g/mol. The van der Waals surface area contributed by atoms with Crippen LogP contribution in [0.5, 0.6) is 0 Å². The van der Waals surface area contributed by atoms with Gasteiger partial charge in [0.25, 0.3) is 0 Å². The van der Waals surface area contributed by atoms with E-state index in [-0.39, 0.29) is 18.6 Å². The molecule has 1 fully saturated rings. The predicted molar refractivity (Wildman–Crippen MR) is 113 cm³/mol. The quantitative estimate of drug-likeness (QED) is 0.660. The second-order valence-electron chi connectivity index (χ2n) is 7.84. The number of benzene rings is 1. The van der Waals surface area contributed by atoms with Crippen molar-refractivity contribution in [2.24, 2.45) is 11.8 Å². The molecule has 1 amide bonds. The van der Waals surface area contributed by atoms with Crippen LogP contribution in [0, 0.1) is 11.8 Å². The molecule has 3 atom stereocenters. The van der Waals surface area contributed by atoms with Crippen LogP contribution in [-0.4, -0.2) is 17.1 Å². The van der Waals surface area contributed by atoms with E-state index in [0.29, 0.717) is 12.0 Å². The number of hydrogen-bond acceptors (Lipinski definition) is 4. The molecule has 0 bridgehead atoms. The summed E-state index contributed by atoms with van der Waals surface area (Å²) in [5.74, 6) is 0.861. The van der Waals surface area contributed by atoms with E-state index in [0.717, 1.165) is 21.4 Å². The van der Waals surface area contributed by atoms with Gasteiger partial charge in [0.05, 0.1) is 17.4 Å². The van der Waals surface area contributed by atoms with E-state index in [2.05, 4.69) is 44.5 Å². The smallest absolute Gasteiger partial charge is 0.408 e. The minimum Gasteiger partial charge on any atom is -0.445 e. The fourth-order valence-corrected chi connectivity index (χ4v) is 4.87. The highest BCUT2D eigenvalue weighted by molar-refractivity contribution is 9.10. The maximum atomic E-state index is 12.5. The lowest BCUT2D eigenvalue weighted by molar-refractivity contribution is 0.128. The molecule has 148 valence electrons. The van der Waals surface area contributed by atoms with Gasteiger partial charge in [0.1, 0.15) is 6.61 Å². The second-order valence-corrected chi connectivity index (χ2v) is 8.76. The Morgan fingerprint density at radius 2 is 2.04 bits per heavy atom. The molecule has 2 N–H and O–H groups in total. The summed E-state index contributed by atoms with van der Waals surface area (Å²) in [4.78, 5) is 17.1. The topological polar surface area (TPSA) is 63.2 Å². The van der Waals surface area contributed by atoms with Gasteiger partial charge in [-0.15, -0.1) is 0 Å². The van der Waals surface area contributed by atoms with Crippen molar-refractivity contribution in [3.05, 3.63) is 58.3 Å². The number of hydrogen-bond donors (Lipinski definition) is 2. The molecule has 5 nitrogen and oxygen atoms in total. The monoisotopic (exact) mass is 443 g/mol. The van der Waals surface area contributed by atoms with Gasteiger partial charge in [0.2, 0.25) is 0 Å². The van der Waals surface area contributed by atoms with E-state index in [1.165, 1.54) is 25.7 Å².